The van der Waals surface area contributed by atoms with Gasteiger partial charge in [0, 0.05) is 6.42 Å². The lowest BCUT2D eigenvalue weighted by atomic mass is 10.1. The average Bonchev–Trinajstić information content (AvgIpc) is 2.80. The molecule has 0 amide bonds. The fourth-order valence-corrected chi connectivity index (χ4v) is 2.15. The molecule has 102 valence electrons. The fourth-order valence-electron chi connectivity index (χ4n) is 2.15. The first-order valence-corrected chi connectivity index (χ1v) is 6.84. The average molecular weight is 261 g/mol. The quantitative estimate of drug-likeness (QED) is 0.764. The molecule has 0 aliphatic carbocycles. The van der Waals surface area contributed by atoms with Crippen molar-refractivity contribution in [3.05, 3.63) is 29.7 Å². The number of unbranched alkanes of at least 4 members (excludes halogenated alkanes) is 4. The molecule has 0 aliphatic heterocycles. The molecule has 4 nitrogen and oxygen atoms in total. The zero-order valence-electron chi connectivity index (χ0n) is 11.2. The Kier molecular flexibility index (Phi) is 4.55. The Balaban J connectivity index is 2.05. The van der Waals surface area contributed by atoms with Crippen molar-refractivity contribution in [3.63, 3.8) is 0 Å². The van der Waals surface area contributed by atoms with E-state index in [0.29, 0.717) is 17.0 Å². The molecule has 0 saturated heterocycles. The number of carboxylic acid groups (broad SMARTS) is 1. The molecule has 4 heteroatoms. The van der Waals surface area contributed by atoms with Gasteiger partial charge < -0.3 is 9.52 Å². The van der Waals surface area contributed by atoms with Crippen LogP contribution in [0.25, 0.3) is 11.1 Å². The summed E-state index contributed by atoms with van der Waals surface area (Å²) in [6.45, 7) is 2.19. The summed E-state index contributed by atoms with van der Waals surface area (Å²) < 4.78 is 5.59. The van der Waals surface area contributed by atoms with Gasteiger partial charge in [-0.15, -0.1) is 0 Å². The molecule has 2 aromatic rings. The fraction of sp³-hybridized carbons (Fsp3) is 0.467. The molecule has 1 heterocycles. The Morgan fingerprint density at radius 1 is 1.26 bits per heavy atom. The lowest BCUT2D eigenvalue weighted by molar-refractivity contribution is 0.0699. The number of carbonyl (C=O) groups is 1. The Bertz CT molecular complexity index is 560. The molecule has 0 radical (unpaired) electrons. The van der Waals surface area contributed by atoms with Crippen LogP contribution in [-0.2, 0) is 6.42 Å². The van der Waals surface area contributed by atoms with Gasteiger partial charge in [-0.3, -0.25) is 0 Å². The predicted molar refractivity (Wildman–Crippen MR) is 73.4 cm³/mol. The summed E-state index contributed by atoms with van der Waals surface area (Å²) in [6.07, 6.45) is 6.70. The monoisotopic (exact) mass is 261 g/mol. The first-order chi connectivity index (χ1) is 9.22. The number of rotatable bonds is 7. The van der Waals surface area contributed by atoms with Crippen molar-refractivity contribution in [3.8, 4) is 0 Å². The van der Waals surface area contributed by atoms with Crippen LogP contribution in [0.4, 0.5) is 0 Å². The highest BCUT2D eigenvalue weighted by Crippen LogP contribution is 2.21. The Morgan fingerprint density at radius 2 is 2.05 bits per heavy atom. The van der Waals surface area contributed by atoms with Gasteiger partial charge in [0.1, 0.15) is 5.52 Å². The van der Waals surface area contributed by atoms with E-state index in [0.717, 1.165) is 12.8 Å². The molecule has 1 aromatic heterocycles. The number of fused-ring (bicyclic) bond motifs is 1. The van der Waals surface area contributed by atoms with Gasteiger partial charge in [-0.25, -0.2) is 9.78 Å². The highest BCUT2D eigenvalue weighted by molar-refractivity contribution is 6.00. The molecule has 0 saturated carbocycles. The lowest BCUT2D eigenvalue weighted by Gasteiger charge is -1.96. The maximum absolute atomic E-state index is 11.1. The lowest BCUT2D eigenvalue weighted by Crippen LogP contribution is -1.96. The molecule has 1 N–H and O–H groups in total. The molecule has 0 atom stereocenters. The number of oxazole rings is 1. The minimum Gasteiger partial charge on any atom is -0.478 e. The molecular formula is C15H19NO3. The summed E-state index contributed by atoms with van der Waals surface area (Å²) in [5, 5.41) is 9.08. The van der Waals surface area contributed by atoms with Crippen molar-refractivity contribution in [1.82, 2.24) is 4.98 Å². The van der Waals surface area contributed by atoms with Gasteiger partial charge in [-0.05, 0) is 18.6 Å². The van der Waals surface area contributed by atoms with Crippen molar-refractivity contribution in [2.24, 2.45) is 0 Å². The third kappa shape index (κ3) is 3.34. The van der Waals surface area contributed by atoms with E-state index in [1.807, 2.05) is 0 Å². The van der Waals surface area contributed by atoms with E-state index in [2.05, 4.69) is 11.9 Å². The van der Waals surface area contributed by atoms with Crippen LogP contribution in [0.5, 0.6) is 0 Å². The summed E-state index contributed by atoms with van der Waals surface area (Å²) in [4.78, 5) is 15.4. The molecule has 0 aliphatic rings. The highest BCUT2D eigenvalue weighted by Gasteiger charge is 2.13. The van der Waals surface area contributed by atoms with E-state index < -0.39 is 5.97 Å². The van der Waals surface area contributed by atoms with Crippen molar-refractivity contribution in [1.29, 1.82) is 0 Å². The van der Waals surface area contributed by atoms with E-state index in [1.165, 1.54) is 25.7 Å². The van der Waals surface area contributed by atoms with Gasteiger partial charge in [-0.1, -0.05) is 38.7 Å². The van der Waals surface area contributed by atoms with E-state index in [9.17, 15) is 4.79 Å². The van der Waals surface area contributed by atoms with Crippen molar-refractivity contribution in [2.75, 3.05) is 0 Å². The van der Waals surface area contributed by atoms with Crippen LogP contribution in [0.1, 0.15) is 55.3 Å². The second kappa shape index (κ2) is 6.36. The first kappa shape index (κ1) is 13.6. The molecule has 0 bridgehead atoms. The highest BCUT2D eigenvalue weighted by atomic mass is 16.4. The Hall–Kier alpha value is -1.84. The van der Waals surface area contributed by atoms with E-state index in [4.69, 9.17) is 9.52 Å². The zero-order chi connectivity index (χ0) is 13.7. The third-order valence-electron chi connectivity index (χ3n) is 3.19. The summed E-state index contributed by atoms with van der Waals surface area (Å²) in [7, 11) is 0. The second-order valence-corrected chi connectivity index (χ2v) is 4.73. The maximum atomic E-state index is 11.1. The third-order valence-corrected chi connectivity index (χ3v) is 3.19. The molecule has 1 aromatic carbocycles. The summed E-state index contributed by atoms with van der Waals surface area (Å²) in [6, 6.07) is 5.00. The van der Waals surface area contributed by atoms with Crippen LogP contribution in [0.2, 0.25) is 0 Å². The van der Waals surface area contributed by atoms with Crippen LogP contribution in [-0.4, -0.2) is 16.1 Å². The summed E-state index contributed by atoms with van der Waals surface area (Å²) in [5.74, 6) is -0.325. The number of benzene rings is 1. The minimum absolute atomic E-state index is 0.207. The van der Waals surface area contributed by atoms with Crippen molar-refractivity contribution >= 4 is 17.1 Å². The van der Waals surface area contributed by atoms with Gasteiger partial charge in [-0.2, -0.15) is 0 Å². The van der Waals surface area contributed by atoms with Gasteiger partial charge in [0.25, 0.3) is 0 Å². The smallest absolute Gasteiger partial charge is 0.338 e. The number of aryl methyl sites for hydroxylation is 1. The van der Waals surface area contributed by atoms with Crippen LogP contribution < -0.4 is 0 Å². The normalized spacial score (nSPS) is 11.0. The van der Waals surface area contributed by atoms with Crippen LogP contribution in [0.15, 0.2) is 22.6 Å². The summed E-state index contributed by atoms with van der Waals surface area (Å²) in [5.41, 5.74) is 1.22. The number of aromatic nitrogens is 1. The molecule has 0 fully saturated rings. The number of nitrogens with zero attached hydrogens (tertiary/aromatic N) is 1. The number of carboxylic acids is 1. The van der Waals surface area contributed by atoms with Crippen LogP contribution >= 0.6 is 0 Å². The van der Waals surface area contributed by atoms with E-state index in [1.54, 1.807) is 18.2 Å². The van der Waals surface area contributed by atoms with Gasteiger partial charge in [0.15, 0.2) is 11.5 Å². The SMILES string of the molecule is CCCCCCCc1nc2c(C(=O)O)cccc2o1. The summed E-state index contributed by atoms with van der Waals surface area (Å²) >= 11 is 0. The molecular weight excluding hydrogens is 242 g/mol. The Morgan fingerprint density at radius 3 is 2.79 bits per heavy atom. The van der Waals surface area contributed by atoms with Crippen LogP contribution in [0, 0.1) is 0 Å². The largest absolute Gasteiger partial charge is 0.478 e. The first-order valence-electron chi connectivity index (χ1n) is 6.84. The van der Waals surface area contributed by atoms with Crippen LogP contribution in [0.3, 0.4) is 0 Å². The van der Waals surface area contributed by atoms with Gasteiger partial charge in [0.2, 0.25) is 0 Å². The molecule has 0 spiro atoms. The van der Waals surface area contributed by atoms with Crippen molar-refractivity contribution < 1.29 is 14.3 Å². The predicted octanol–water partition coefficient (Wildman–Crippen LogP) is 4.04. The minimum atomic E-state index is -0.964. The van der Waals surface area contributed by atoms with Crippen molar-refractivity contribution in [2.45, 2.75) is 45.4 Å². The number of hydrogen-bond acceptors (Lipinski definition) is 3. The van der Waals surface area contributed by atoms with Gasteiger partial charge in [0.05, 0.1) is 5.56 Å². The molecule has 2 rings (SSSR count). The number of aromatic carboxylic acids is 1. The van der Waals surface area contributed by atoms with E-state index >= 15 is 0 Å². The maximum Gasteiger partial charge on any atom is 0.338 e. The van der Waals surface area contributed by atoms with Gasteiger partial charge >= 0.3 is 5.97 Å². The standard InChI is InChI=1S/C15H19NO3/c1-2-3-4-5-6-10-13-16-14-11(15(17)18)8-7-9-12(14)19-13/h7-9H,2-6,10H2,1H3,(H,17,18). The molecule has 0 unspecified atom stereocenters. The van der Waals surface area contributed by atoms with E-state index in [-0.39, 0.29) is 5.56 Å². The second-order valence-electron chi connectivity index (χ2n) is 4.73. The Labute approximate surface area is 112 Å². The zero-order valence-corrected chi connectivity index (χ0v) is 11.2. The number of para-hydroxylation sites is 1. The topological polar surface area (TPSA) is 63.3 Å². The molecule has 19 heavy (non-hydrogen) atoms. The number of hydrogen-bond donors (Lipinski definition) is 1.